The molecule has 0 bridgehead atoms. The van der Waals surface area contributed by atoms with Crippen molar-refractivity contribution in [1.29, 1.82) is 0 Å². The number of ether oxygens (including phenoxy) is 2. The summed E-state index contributed by atoms with van der Waals surface area (Å²) in [6.45, 7) is 4.12. The van der Waals surface area contributed by atoms with Crippen LogP contribution in [-0.2, 0) is 6.61 Å². The highest BCUT2D eigenvalue weighted by atomic mass is 16.6. The molecule has 1 atom stereocenters. The van der Waals surface area contributed by atoms with Gasteiger partial charge in [0.15, 0.2) is 11.5 Å². The predicted octanol–water partition coefficient (Wildman–Crippen LogP) is 2.52. The molecule has 0 amide bonds. The molecule has 1 aromatic rings. The van der Waals surface area contributed by atoms with Gasteiger partial charge in [-0.25, -0.2) is 0 Å². The van der Waals surface area contributed by atoms with Crippen LogP contribution in [0.15, 0.2) is 12.1 Å². The van der Waals surface area contributed by atoms with Crippen LogP contribution in [0.2, 0.25) is 0 Å². The summed E-state index contributed by atoms with van der Waals surface area (Å²) in [5, 5.41) is 20.1. The van der Waals surface area contributed by atoms with E-state index in [-0.39, 0.29) is 11.3 Å². The van der Waals surface area contributed by atoms with Crippen molar-refractivity contribution in [2.24, 2.45) is 5.92 Å². The van der Waals surface area contributed by atoms with Gasteiger partial charge in [0.25, 0.3) is 5.69 Å². The third-order valence-electron chi connectivity index (χ3n) is 2.95. The zero-order valence-corrected chi connectivity index (χ0v) is 11.4. The summed E-state index contributed by atoms with van der Waals surface area (Å²) in [4.78, 5) is 10.4. The molecule has 0 saturated carbocycles. The van der Waals surface area contributed by atoms with E-state index in [1.165, 1.54) is 19.2 Å². The number of methoxy groups -OCH3 is 1. The highest BCUT2D eigenvalue weighted by Crippen LogP contribution is 2.35. The maximum atomic E-state index is 10.9. The Kier molecular flexibility index (Phi) is 5.57. The molecule has 0 aromatic heterocycles. The first-order valence-electron chi connectivity index (χ1n) is 6.12. The van der Waals surface area contributed by atoms with Gasteiger partial charge in [-0.1, -0.05) is 20.3 Å². The van der Waals surface area contributed by atoms with Gasteiger partial charge in [0.2, 0.25) is 0 Å². The van der Waals surface area contributed by atoms with Gasteiger partial charge in [-0.3, -0.25) is 10.1 Å². The van der Waals surface area contributed by atoms with Crippen molar-refractivity contribution in [3.05, 3.63) is 27.8 Å². The van der Waals surface area contributed by atoms with E-state index in [1.54, 1.807) is 0 Å². The molecule has 1 rings (SSSR count). The van der Waals surface area contributed by atoms with Crippen LogP contribution in [0.4, 0.5) is 5.69 Å². The monoisotopic (exact) mass is 269 g/mol. The van der Waals surface area contributed by atoms with Crippen molar-refractivity contribution >= 4 is 5.69 Å². The van der Waals surface area contributed by atoms with Crippen LogP contribution in [0.3, 0.4) is 0 Å². The minimum absolute atomic E-state index is 0.164. The summed E-state index contributed by atoms with van der Waals surface area (Å²) in [6.07, 6.45) is 0.957. The number of benzene rings is 1. The summed E-state index contributed by atoms with van der Waals surface area (Å²) < 4.78 is 10.7. The third kappa shape index (κ3) is 3.82. The molecule has 0 saturated heterocycles. The Hall–Kier alpha value is -1.82. The normalized spacial score (nSPS) is 12.0. The number of nitro benzene ring substituents is 1. The van der Waals surface area contributed by atoms with E-state index in [0.29, 0.717) is 24.0 Å². The molecule has 0 aliphatic rings. The SMILES string of the molecule is CC[C@H](C)COc1cc([N+](=O)[O-])c(CO)cc1OC. The Morgan fingerprint density at radius 2 is 2.11 bits per heavy atom. The summed E-state index contributed by atoms with van der Waals surface area (Å²) in [7, 11) is 1.46. The smallest absolute Gasteiger partial charge is 0.278 e. The van der Waals surface area contributed by atoms with Crippen molar-refractivity contribution in [2.75, 3.05) is 13.7 Å². The molecule has 1 aromatic carbocycles. The van der Waals surface area contributed by atoms with Gasteiger partial charge in [-0.05, 0) is 12.0 Å². The fraction of sp³-hybridized carbons (Fsp3) is 0.538. The molecule has 0 aliphatic heterocycles. The van der Waals surface area contributed by atoms with Gasteiger partial charge in [0.05, 0.1) is 36.9 Å². The van der Waals surface area contributed by atoms with E-state index >= 15 is 0 Å². The standard InChI is InChI=1S/C13H19NO5/c1-4-9(2)8-19-13-6-11(14(16)17)10(7-15)5-12(13)18-3/h5-6,9,15H,4,7-8H2,1-3H3/t9-/m0/s1. The van der Waals surface area contributed by atoms with Crippen LogP contribution >= 0.6 is 0 Å². The first-order chi connectivity index (χ1) is 9.03. The molecule has 6 nitrogen and oxygen atoms in total. The molecule has 0 radical (unpaired) electrons. The van der Waals surface area contributed by atoms with Crippen molar-refractivity contribution in [1.82, 2.24) is 0 Å². The first kappa shape index (κ1) is 15.2. The zero-order chi connectivity index (χ0) is 14.4. The number of aliphatic hydroxyl groups is 1. The fourth-order valence-corrected chi connectivity index (χ4v) is 1.51. The van der Waals surface area contributed by atoms with Crippen LogP contribution in [0.25, 0.3) is 0 Å². The number of rotatable bonds is 7. The van der Waals surface area contributed by atoms with Crippen molar-refractivity contribution in [3.8, 4) is 11.5 Å². The van der Waals surface area contributed by atoms with E-state index in [1.807, 2.05) is 13.8 Å². The van der Waals surface area contributed by atoms with Crippen molar-refractivity contribution in [3.63, 3.8) is 0 Å². The Labute approximate surface area is 112 Å². The van der Waals surface area contributed by atoms with Gasteiger partial charge in [0, 0.05) is 0 Å². The molecule has 106 valence electrons. The second-order valence-corrected chi connectivity index (χ2v) is 4.37. The van der Waals surface area contributed by atoms with Crippen LogP contribution < -0.4 is 9.47 Å². The van der Waals surface area contributed by atoms with Gasteiger partial charge >= 0.3 is 0 Å². The third-order valence-corrected chi connectivity index (χ3v) is 2.95. The van der Waals surface area contributed by atoms with Gasteiger partial charge in [-0.15, -0.1) is 0 Å². The molecule has 1 N–H and O–H groups in total. The largest absolute Gasteiger partial charge is 0.493 e. The Bertz CT molecular complexity index is 447. The Morgan fingerprint density at radius 1 is 1.42 bits per heavy atom. The lowest BCUT2D eigenvalue weighted by Gasteiger charge is -2.14. The second-order valence-electron chi connectivity index (χ2n) is 4.37. The number of nitrogens with zero attached hydrogens (tertiary/aromatic N) is 1. The fourth-order valence-electron chi connectivity index (χ4n) is 1.51. The summed E-state index contributed by atoms with van der Waals surface area (Å²) in [6, 6.07) is 2.73. The minimum Gasteiger partial charge on any atom is -0.493 e. The van der Waals surface area contributed by atoms with E-state index in [4.69, 9.17) is 14.6 Å². The van der Waals surface area contributed by atoms with Gasteiger partial charge in [0.1, 0.15) is 0 Å². The van der Waals surface area contributed by atoms with E-state index < -0.39 is 11.5 Å². The highest BCUT2D eigenvalue weighted by Gasteiger charge is 2.19. The number of aliphatic hydroxyl groups excluding tert-OH is 1. The molecule has 0 aliphatic carbocycles. The second kappa shape index (κ2) is 6.94. The maximum absolute atomic E-state index is 10.9. The van der Waals surface area contributed by atoms with Crippen LogP contribution in [0.5, 0.6) is 11.5 Å². The van der Waals surface area contributed by atoms with Crippen molar-refractivity contribution in [2.45, 2.75) is 26.9 Å². The predicted molar refractivity (Wildman–Crippen MR) is 70.5 cm³/mol. The Morgan fingerprint density at radius 3 is 2.58 bits per heavy atom. The molecule has 0 fully saturated rings. The minimum atomic E-state index is -0.541. The molecule has 0 unspecified atom stereocenters. The number of hydrogen-bond donors (Lipinski definition) is 1. The van der Waals surface area contributed by atoms with Crippen molar-refractivity contribution < 1.29 is 19.5 Å². The zero-order valence-electron chi connectivity index (χ0n) is 11.4. The van der Waals surface area contributed by atoms with E-state index in [2.05, 4.69) is 0 Å². The number of nitro groups is 1. The summed E-state index contributed by atoms with van der Waals surface area (Å²) in [5.74, 6) is 1.06. The molecular weight excluding hydrogens is 250 g/mol. The van der Waals surface area contributed by atoms with Crippen LogP contribution in [0, 0.1) is 16.0 Å². The molecule has 0 spiro atoms. The quantitative estimate of drug-likeness (QED) is 0.607. The number of hydrogen-bond acceptors (Lipinski definition) is 5. The Balaban J connectivity index is 3.07. The average molecular weight is 269 g/mol. The van der Waals surface area contributed by atoms with Gasteiger partial charge in [-0.2, -0.15) is 0 Å². The average Bonchev–Trinajstić information content (AvgIpc) is 2.43. The lowest BCUT2D eigenvalue weighted by Crippen LogP contribution is -2.09. The molecular formula is C13H19NO5. The lowest BCUT2D eigenvalue weighted by molar-refractivity contribution is -0.385. The molecule has 0 heterocycles. The van der Waals surface area contributed by atoms with Crippen LogP contribution in [-0.4, -0.2) is 23.7 Å². The molecule has 19 heavy (non-hydrogen) atoms. The van der Waals surface area contributed by atoms with Crippen LogP contribution in [0.1, 0.15) is 25.8 Å². The maximum Gasteiger partial charge on any atom is 0.278 e. The summed E-state index contributed by atoms with van der Waals surface area (Å²) >= 11 is 0. The van der Waals surface area contributed by atoms with E-state index in [0.717, 1.165) is 6.42 Å². The highest BCUT2D eigenvalue weighted by molar-refractivity contribution is 5.54. The van der Waals surface area contributed by atoms with Gasteiger partial charge < -0.3 is 14.6 Å². The summed E-state index contributed by atoms with van der Waals surface area (Å²) in [5.41, 5.74) is 0.0418. The first-order valence-corrected chi connectivity index (χ1v) is 6.12. The lowest BCUT2D eigenvalue weighted by atomic mass is 10.1. The van der Waals surface area contributed by atoms with E-state index in [9.17, 15) is 10.1 Å². The topological polar surface area (TPSA) is 81.8 Å². The molecule has 6 heteroatoms.